The first kappa shape index (κ1) is 14.8. The summed E-state index contributed by atoms with van der Waals surface area (Å²) < 4.78 is 5.79. The summed E-state index contributed by atoms with van der Waals surface area (Å²) in [4.78, 5) is 11.6. The molecule has 0 unspecified atom stereocenters. The fourth-order valence-corrected chi connectivity index (χ4v) is 1.75. The minimum atomic E-state index is -0.284. The van der Waals surface area contributed by atoms with E-state index >= 15 is 0 Å². The monoisotopic (exact) mass is 311 g/mol. The molecule has 0 heterocycles. The lowest BCUT2D eigenvalue weighted by atomic mass is 10.0. The SMILES string of the molecule is COC(=O)C(=CNc1ccc(Br)cc1)CC(C)C. The van der Waals surface area contributed by atoms with Crippen molar-refractivity contribution in [3.8, 4) is 0 Å². The lowest BCUT2D eigenvalue weighted by Crippen LogP contribution is -2.09. The Bertz CT molecular complexity index is 424. The number of hydrogen-bond acceptors (Lipinski definition) is 3. The molecule has 0 aliphatic rings. The van der Waals surface area contributed by atoms with Gasteiger partial charge in [-0.15, -0.1) is 0 Å². The first-order valence-corrected chi connectivity index (χ1v) is 6.61. The van der Waals surface area contributed by atoms with E-state index in [0.717, 1.165) is 10.2 Å². The molecule has 0 amide bonds. The van der Waals surface area contributed by atoms with Crippen LogP contribution in [0.25, 0.3) is 0 Å². The topological polar surface area (TPSA) is 38.3 Å². The molecule has 4 heteroatoms. The zero-order valence-corrected chi connectivity index (χ0v) is 12.5. The number of carbonyl (C=O) groups excluding carboxylic acids is 1. The van der Waals surface area contributed by atoms with Crippen molar-refractivity contribution in [1.29, 1.82) is 0 Å². The van der Waals surface area contributed by atoms with Crippen LogP contribution in [-0.4, -0.2) is 13.1 Å². The molecule has 0 aliphatic carbocycles. The van der Waals surface area contributed by atoms with E-state index in [2.05, 4.69) is 35.1 Å². The lowest BCUT2D eigenvalue weighted by Gasteiger charge is -2.09. The molecule has 0 spiro atoms. The molecule has 3 nitrogen and oxygen atoms in total. The highest BCUT2D eigenvalue weighted by Gasteiger charge is 2.11. The highest BCUT2D eigenvalue weighted by Crippen LogP contribution is 2.16. The van der Waals surface area contributed by atoms with Gasteiger partial charge in [-0.2, -0.15) is 0 Å². The normalized spacial score (nSPS) is 11.5. The summed E-state index contributed by atoms with van der Waals surface area (Å²) in [6.45, 7) is 4.13. The molecule has 0 aromatic heterocycles. The van der Waals surface area contributed by atoms with Crippen molar-refractivity contribution >= 4 is 27.6 Å². The van der Waals surface area contributed by atoms with Crippen LogP contribution in [0.1, 0.15) is 20.3 Å². The Morgan fingerprint density at radius 3 is 2.50 bits per heavy atom. The average Bonchev–Trinajstić information content (AvgIpc) is 2.35. The van der Waals surface area contributed by atoms with E-state index in [4.69, 9.17) is 4.74 Å². The van der Waals surface area contributed by atoms with E-state index in [0.29, 0.717) is 17.9 Å². The summed E-state index contributed by atoms with van der Waals surface area (Å²) in [7, 11) is 1.40. The van der Waals surface area contributed by atoms with E-state index in [1.54, 1.807) is 6.20 Å². The van der Waals surface area contributed by atoms with Crippen LogP contribution in [0.4, 0.5) is 5.69 Å². The van der Waals surface area contributed by atoms with Crippen LogP contribution >= 0.6 is 15.9 Å². The van der Waals surface area contributed by atoms with Gasteiger partial charge in [0.1, 0.15) is 0 Å². The van der Waals surface area contributed by atoms with E-state index in [9.17, 15) is 4.79 Å². The number of anilines is 1. The summed E-state index contributed by atoms with van der Waals surface area (Å²) in [6.07, 6.45) is 2.41. The smallest absolute Gasteiger partial charge is 0.335 e. The van der Waals surface area contributed by atoms with Gasteiger partial charge in [-0.05, 0) is 36.6 Å². The van der Waals surface area contributed by atoms with E-state index in [-0.39, 0.29) is 5.97 Å². The fraction of sp³-hybridized carbons (Fsp3) is 0.357. The van der Waals surface area contributed by atoms with E-state index in [1.165, 1.54) is 7.11 Å². The molecule has 1 rings (SSSR count). The molecule has 0 saturated carbocycles. The van der Waals surface area contributed by atoms with Crippen molar-refractivity contribution in [3.63, 3.8) is 0 Å². The number of carbonyl (C=O) groups is 1. The van der Waals surface area contributed by atoms with Crippen molar-refractivity contribution < 1.29 is 9.53 Å². The molecule has 0 atom stereocenters. The molecule has 1 aromatic rings. The zero-order chi connectivity index (χ0) is 13.5. The maximum absolute atomic E-state index is 11.6. The van der Waals surface area contributed by atoms with Gasteiger partial charge in [-0.25, -0.2) is 4.79 Å². The molecule has 0 radical (unpaired) electrons. The fourth-order valence-electron chi connectivity index (χ4n) is 1.49. The van der Waals surface area contributed by atoms with Crippen molar-refractivity contribution in [3.05, 3.63) is 40.5 Å². The summed E-state index contributed by atoms with van der Waals surface area (Å²) in [5, 5.41) is 3.11. The molecule has 1 N–H and O–H groups in total. The van der Waals surface area contributed by atoms with Crippen molar-refractivity contribution in [1.82, 2.24) is 0 Å². The van der Waals surface area contributed by atoms with Gasteiger partial charge in [-0.3, -0.25) is 0 Å². The number of ether oxygens (including phenoxy) is 1. The standard InChI is InChI=1S/C14H18BrNO2/c1-10(2)8-11(14(17)18-3)9-16-13-6-4-12(15)5-7-13/h4-7,9-10,16H,8H2,1-3H3. The Labute approximate surface area is 116 Å². The third-order valence-electron chi connectivity index (χ3n) is 2.33. The molecule has 1 aromatic carbocycles. The van der Waals surface area contributed by atoms with Crippen LogP contribution in [0.15, 0.2) is 40.5 Å². The first-order chi connectivity index (χ1) is 8.52. The van der Waals surface area contributed by atoms with Crippen molar-refractivity contribution in [2.75, 3.05) is 12.4 Å². The molecule has 0 fully saturated rings. The zero-order valence-electron chi connectivity index (χ0n) is 10.9. The third-order valence-corrected chi connectivity index (χ3v) is 2.86. The quantitative estimate of drug-likeness (QED) is 0.660. The van der Waals surface area contributed by atoms with Gasteiger partial charge in [-0.1, -0.05) is 29.8 Å². The number of nitrogens with one attached hydrogen (secondary N) is 1. The number of methoxy groups -OCH3 is 1. The lowest BCUT2D eigenvalue weighted by molar-refractivity contribution is -0.136. The summed E-state index contributed by atoms with van der Waals surface area (Å²) in [6, 6.07) is 7.75. The Hall–Kier alpha value is -1.29. The number of benzene rings is 1. The van der Waals surface area contributed by atoms with Gasteiger partial charge in [0.25, 0.3) is 0 Å². The Morgan fingerprint density at radius 2 is 2.00 bits per heavy atom. The Balaban J connectivity index is 2.76. The van der Waals surface area contributed by atoms with Gasteiger partial charge in [0.2, 0.25) is 0 Å². The van der Waals surface area contributed by atoms with Crippen LogP contribution in [-0.2, 0) is 9.53 Å². The predicted molar refractivity (Wildman–Crippen MR) is 77.3 cm³/mol. The number of hydrogen-bond donors (Lipinski definition) is 1. The minimum Gasteiger partial charge on any atom is -0.466 e. The maximum atomic E-state index is 11.6. The van der Waals surface area contributed by atoms with Gasteiger partial charge < -0.3 is 10.1 Å². The first-order valence-electron chi connectivity index (χ1n) is 5.82. The Morgan fingerprint density at radius 1 is 1.39 bits per heavy atom. The summed E-state index contributed by atoms with van der Waals surface area (Å²) in [5.74, 6) is 0.121. The predicted octanol–water partition coefficient (Wildman–Crippen LogP) is 3.96. The third kappa shape index (κ3) is 4.92. The minimum absolute atomic E-state index is 0.284. The van der Waals surface area contributed by atoms with Gasteiger partial charge in [0.05, 0.1) is 12.7 Å². The van der Waals surface area contributed by atoms with Gasteiger partial charge in [0.15, 0.2) is 0 Å². The van der Waals surface area contributed by atoms with Crippen LogP contribution in [0.5, 0.6) is 0 Å². The second kappa shape index (κ2) is 7.21. The maximum Gasteiger partial charge on any atom is 0.335 e. The molecule has 0 bridgehead atoms. The number of halogens is 1. The largest absolute Gasteiger partial charge is 0.466 e. The second-order valence-corrected chi connectivity index (χ2v) is 5.33. The average molecular weight is 312 g/mol. The number of rotatable bonds is 5. The molecule has 18 heavy (non-hydrogen) atoms. The van der Waals surface area contributed by atoms with Crippen LogP contribution in [0, 0.1) is 5.92 Å². The van der Waals surface area contributed by atoms with Crippen molar-refractivity contribution in [2.45, 2.75) is 20.3 Å². The van der Waals surface area contributed by atoms with Gasteiger partial charge >= 0.3 is 5.97 Å². The molecule has 0 aliphatic heterocycles. The van der Waals surface area contributed by atoms with Crippen molar-refractivity contribution in [2.24, 2.45) is 5.92 Å². The van der Waals surface area contributed by atoms with Crippen LogP contribution in [0.2, 0.25) is 0 Å². The summed E-state index contributed by atoms with van der Waals surface area (Å²) in [5.41, 5.74) is 1.58. The highest BCUT2D eigenvalue weighted by atomic mass is 79.9. The number of esters is 1. The molecule has 0 saturated heterocycles. The van der Waals surface area contributed by atoms with E-state index < -0.39 is 0 Å². The molecular weight excluding hydrogens is 294 g/mol. The highest BCUT2D eigenvalue weighted by molar-refractivity contribution is 9.10. The molecule has 98 valence electrons. The van der Waals surface area contributed by atoms with Crippen LogP contribution < -0.4 is 5.32 Å². The molecular formula is C14H18BrNO2. The van der Waals surface area contributed by atoms with E-state index in [1.807, 2.05) is 24.3 Å². The second-order valence-electron chi connectivity index (χ2n) is 4.41. The van der Waals surface area contributed by atoms with Gasteiger partial charge in [0, 0.05) is 16.4 Å². The summed E-state index contributed by atoms with van der Waals surface area (Å²) >= 11 is 3.38. The van der Waals surface area contributed by atoms with Crippen LogP contribution in [0.3, 0.4) is 0 Å². The Kier molecular flexibility index (Phi) is 5.92.